The summed E-state index contributed by atoms with van der Waals surface area (Å²) < 4.78 is 5.66. The first-order valence-electron chi connectivity index (χ1n) is 7.53. The summed E-state index contributed by atoms with van der Waals surface area (Å²) in [6.07, 6.45) is 2.79. The van der Waals surface area contributed by atoms with E-state index in [1.807, 2.05) is 11.6 Å². The zero-order chi connectivity index (χ0) is 16.3. The normalized spacial score (nSPS) is 12.7. The van der Waals surface area contributed by atoms with Gasteiger partial charge in [0.15, 0.2) is 0 Å². The Kier molecular flexibility index (Phi) is 5.14. The Bertz CT molecular complexity index is 673. The molecule has 0 bridgehead atoms. The minimum atomic E-state index is -0.357. The molecule has 4 heteroatoms. The van der Waals surface area contributed by atoms with Gasteiger partial charge < -0.3 is 4.74 Å². The fourth-order valence-electron chi connectivity index (χ4n) is 2.14. The van der Waals surface area contributed by atoms with Crippen LogP contribution in [0.1, 0.15) is 45.2 Å². The van der Waals surface area contributed by atoms with Crippen LogP contribution in [0.4, 0.5) is 5.69 Å². The van der Waals surface area contributed by atoms with Gasteiger partial charge in [-0.2, -0.15) is 0 Å². The van der Waals surface area contributed by atoms with Gasteiger partial charge in [-0.1, -0.05) is 6.92 Å². The van der Waals surface area contributed by atoms with E-state index in [1.165, 1.54) is 5.56 Å². The third kappa shape index (κ3) is 3.45. The fraction of sp³-hybridized carbons (Fsp3) is 0.444. The molecule has 0 aliphatic rings. The monoisotopic (exact) mass is 316 g/mol. The van der Waals surface area contributed by atoms with E-state index in [-0.39, 0.29) is 5.60 Å². The maximum atomic E-state index is 5.66. The number of thiazole rings is 1. The molecule has 2 rings (SSSR count). The van der Waals surface area contributed by atoms with Gasteiger partial charge in [-0.15, -0.1) is 11.3 Å². The number of hydrogen-bond donors (Lipinski definition) is 0. The highest BCUT2D eigenvalue weighted by molar-refractivity contribution is 7.13. The van der Waals surface area contributed by atoms with Crippen molar-refractivity contribution in [1.82, 2.24) is 4.98 Å². The molecule has 0 amide bonds. The molecule has 1 heterocycles. The third-order valence-electron chi connectivity index (χ3n) is 4.07. The summed E-state index contributed by atoms with van der Waals surface area (Å²) in [5.74, 6) is 0. The number of methoxy groups -OCH3 is 1. The second-order valence-electron chi connectivity index (χ2n) is 5.92. The van der Waals surface area contributed by atoms with E-state index < -0.39 is 0 Å². The second-order valence-corrected chi connectivity index (χ2v) is 6.81. The maximum absolute atomic E-state index is 5.66. The molecule has 1 aromatic heterocycles. The van der Waals surface area contributed by atoms with Crippen molar-refractivity contribution in [3.8, 4) is 10.6 Å². The zero-order valence-electron chi connectivity index (χ0n) is 14.2. The smallest absolute Gasteiger partial charge is 0.123 e. The van der Waals surface area contributed by atoms with E-state index in [0.29, 0.717) is 0 Å². The topological polar surface area (TPSA) is 34.5 Å². The SMILES string of the molecule is CC/C(C)=N\c1cc(C(C)(C)OC)cc(-c2nccs2)c1C. The largest absolute Gasteiger partial charge is 0.374 e. The van der Waals surface area contributed by atoms with Gasteiger partial charge in [0.1, 0.15) is 5.01 Å². The highest BCUT2D eigenvalue weighted by atomic mass is 32.1. The molecule has 0 saturated heterocycles. The van der Waals surface area contributed by atoms with Gasteiger partial charge in [0.05, 0.1) is 11.3 Å². The lowest BCUT2D eigenvalue weighted by molar-refractivity contribution is 0.0193. The Balaban J connectivity index is 2.68. The lowest BCUT2D eigenvalue weighted by atomic mass is 9.93. The molecule has 3 nitrogen and oxygen atoms in total. The van der Waals surface area contributed by atoms with E-state index in [2.05, 4.69) is 51.7 Å². The molecule has 118 valence electrons. The second kappa shape index (κ2) is 6.71. The van der Waals surface area contributed by atoms with Crippen LogP contribution in [0.25, 0.3) is 10.6 Å². The summed E-state index contributed by atoms with van der Waals surface area (Å²) in [5, 5.41) is 3.03. The first kappa shape index (κ1) is 16.8. The van der Waals surface area contributed by atoms with Crippen LogP contribution < -0.4 is 0 Å². The highest BCUT2D eigenvalue weighted by Crippen LogP contribution is 2.37. The van der Waals surface area contributed by atoms with Crippen LogP contribution in [-0.2, 0) is 10.3 Å². The Morgan fingerprint density at radius 2 is 2.09 bits per heavy atom. The first-order valence-corrected chi connectivity index (χ1v) is 8.41. The molecule has 0 spiro atoms. The average molecular weight is 316 g/mol. The van der Waals surface area contributed by atoms with Gasteiger partial charge in [0.25, 0.3) is 0 Å². The number of nitrogens with zero attached hydrogens (tertiary/aromatic N) is 2. The quantitative estimate of drug-likeness (QED) is 0.682. The summed E-state index contributed by atoms with van der Waals surface area (Å²) >= 11 is 1.65. The van der Waals surface area contributed by atoms with E-state index in [0.717, 1.165) is 34.0 Å². The van der Waals surface area contributed by atoms with Crippen molar-refractivity contribution < 1.29 is 4.74 Å². The molecule has 0 aliphatic carbocycles. The molecule has 0 N–H and O–H groups in total. The molecule has 0 unspecified atom stereocenters. The highest BCUT2D eigenvalue weighted by Gasteiger charge is 2.23. The van der Waals surface area contributed by atoms with Gasteiger partial charge in [0.2, 0.25) is 0 Å². The molecule has 1 aromatic carbocycles. The summed E-state index contributed by atoms with van der Waals surface area (Å²) in [6, 6.07) is 4.31. The number of hydrogen-bond acceptors (Lipinski definition) is 4. The van der Waals surface area contributed by atoms with Crippen molar-refractivity contribution in [3.63, 3.8) is 0 Å². The molecule has 22 heavy (non-hydrogen) atoms. The third-order valence-corrected chi connectivity index (χ3v) is 4.88. The molecule has 0 atom stereocenters. The number of benzene rings is 1. The number of aromatic nitrogens is 1. The van der Waals surface area contributed by atoms with Crippen LogP contribution in [0.5, 0.6) is 0 Å². The van der Waals surface area contributed by atoms with Crippen LogP contribution in [0.15, 0.2) is 28.7 Å². The van der Waals surface area contributed by atoms with Crippen LogP contribution in [0.3, 0.4) is 0 Å². The minimum absolute atomic E-state index is 0.357. The predicted octanol–water partition coefficient (Wildman–Crippen LogP) is 5.50. The lowest BCUT2D eigenvalue weighted by Gasteiger charge is -2.25. The van der Waals surface area contributed by atoms with Gasteiger partial charge in [-0.25, -0.2) is 4.98 Å². The zero-order valence-corrected chi connectivity index (χ0v) is 15.0. The van der Waals surface area contributed by atoms with Crippen LogP contribution >= 0.6 is 11.3 Å². The molecular formula is C18H24N2OS. The molecule has 0 aliphatic heterocycles. The molecule has 0 radical (unpaired) electrons. The summed E-state index contributed by atoms with van der Waals surface area (Å²) in [7, 11) is 1.74. The van der Waals surface area contributed by atoms with Crippen LogP contribution in [-0.4, -0.2) is 17.8 Å². The Hall–Kier alpha value is -1.52. The van der Waals surface area contributed by atoms with Crippen molar-refractivity contribution in [3.05, 3.63) is 34.8 Å². The Morgan fingerprint density at radius 1 is 1.36 bits per heavy atom. The standard InChI is InChI=1S/C18H24N2OS/c1-7-12(2)20-16-11-14(18(4,5)21-6)10-15(13(16)3)17-19-8-9-22-17/h8-11H,7H2,1-6H3/b20-12-. The number of aliphatic imine (C=N–C) groups is 1. The van der Waals surface area contributed by atoms with Crippen molar-refractivity contribution >= 4 is 22.7 Å². The molecule has 0 saturated carbocycles. The minimum Gasteiger partial charge on any atom is -0.374 e. The van der Waals surface area contributed by atoms with Crippen LogP contribution in [0.2, 0.25) is 0 Å². The van der Waals surface area contributed by atoms with Crippen molar-refractivity contribution in [1.29, 1.82) is 0 Å². The van der Waals surface area contributed by atoms with Gasteiger partial charge >= 0.3 is 0 Å². The van der Waals surface area contributed by atoms with Gasteiger partial charge in [-0.3, -0.25) is 4.99 Å². The molecule has 0 fully saturated rings. The van der Waals surface area contributed by atoms with Gasteiger partial charge in [-0.05, 0) is 57.4 Å². The summed E-state index contributed by atoms with van der Waals surface area (Å²) in [5.41, 5.74) is 5.20. The lowest BCUT2D eigenvalue weighted by Crippen LogP contribution is -2.19. The van der Waals surface area contributed by atoms with E-state index in [1.54, 1.807) is 18.4 Å². The molecule has 2 aromatic rings. The average Bonchev–Trinajstić information content (AvgIpc) is 3.03. The fourth-order valence-corrected chi connectivity index (χ4v) is 2.86. The first-order chi connectivity index (χ1) is 10.4. The Labute approximate surface area is 137 Å². The number of rotatable bonds is 5. The van der Waals surface area contributed by atoms with E-state index >= 15 is 0 Å². The summed E-state index contributed by atoms with van der Waals surface area (Å²) in [4.78, 5) is 9.26. The Morgan fingerprint density at radius 3 is 2.64 bits per heavy atom. The van der Waals surface area contributed by atoms with E-state index in [4.69, 9.17) is 9.73 Å². The van der Waals surface area contributed by atoms with Crippen molar-refractivity contribution in [2.24, 2.45) is 4.99 Å². The maximum Gasteiger partial charge on any atom is 0.123 e. The van der Waals surface area contributed by atoms with Crippen molar-refractivity contribution in [2.45, 2.75) is 46.6 Å². The summed E-state index contributed by atoms with van der Waals surface area (Å²) in [6.45, 7) is 10.4. The van der Waals surface area contributed by atoms with Crippen molar-refractivity contribution in [2.75, 3.05) is 7.11 Å². The van der Waals surface area contributed by atoms with E-state index in [9.17, 15) is 0 Å². The number of ether oxygens (including phenoxy) is 1. The molecular weight excluding hydrogens is 292 g/mol. The van der Waals surface area contributed by atoms with Gasteiger partial charge in [0, 0.05) is 30.0 Å². The van der Waals surface area contributed by atoms with Crippen LogP contribution in [0, 0.1) is 6.92 Å². The predicted molar refractivity (Wildman–Crippen MR) is 95.4 cm³/mol.